The van der Waals surface area contributed by atoms with E-state index in [2.05, 4.69) is 18.6 Å². The van der Waals surface area contributed by atoms with Gasteiger partial charge in [-0.25, -0.2) is 0 Å². The summed E-state index contributed by atoms with van der Waals surface area (Å²) in [7, 11) is 2.14. The Morgan fingerprint density at radius 1 is 1.20 bits per heavy atom. The molecule has 4 saturated carbocycles. The highest BCUT2D eigenvalue weighted by Gasteiger charge is 2.51. The molecule has 0 aromatic heterocycles. The van der Waals surface area contributed by atoms with Crippen LogP contribution >= 0.6 is 0 Å². The van der Waals surface area contributed by atoms with Crippen LogP contribution < -0.4 is 5.32 Å². The van der Waals surface area contributed by atoms with Gasteiger partial charge in [-0.05, 0) is 93.6 Å². The monoisotopic (exact) mass is 275 g/mol. The second-order valence-electron chi connectivity index (χ2n) is 8.13. The first kappa shape index (κ1) is 13.2. The summed E-state index contributed by atoms with van der Waals surface area (Å²) in [6.07, 6.45) is 15.1. The Balaban J connectivity index is 1.50. The van der Waals surface area contributed by atoms with Gasteiger partial charge in [-0.15, -0.1) is 0 Å². The van der Waals surface area contributed by atoms with Crippen LogP contribution in [0, 0.1) is 23.2 Å². The quantitative estimate of drug-likeness (QED) is 0.841. The predicted molar refractivity (Wildman–Crippen MR) is 81.3 cm³/mol. The molecule has 112 valence electrons. The molecule has 0 aromatic rings. The molecule has 0 saturated heterocycles. The van der Waals surface area contributed by atoms with Gasteiger partial charge < -0.3 is 10.1 Å². The molecule has 4 bridgehead atoms. The van der Waals surface area contributed by atoms with Crippen LogP contribution in [0.1, 0.15) is 57.8 Å². The number of ether oxygens (including phenoxy) is 1. The number of nitrogens with one attached hydrogen (secondary N) is 1. The third-order valence-corrected chi connectivity index (χ3v) is 6.56. The Labute approximate surface area is 123 Å². The maximum absolute atomic E-state index is 5.58. The molecule has 0 aromatic carbocycles. The first-order chi connectivity index (χ1) is 9.76. The summed E-state index contributed by atoms with van der Waals surface area (Å²) in [6, 6.07) is 0.562. The summed E-state index contributed by atoms with van der Waals surface area (Å²) in [6.45, 7) is 0.914. The highest BCUT2D eigenvalue weighted by molar-refractivity contribution is 5.13. The summed E-state index contributed by atoms with van der Waals surface area (Å²) in [5.74, 6) is 3.20. The van der Waals surface area contributed by atoms with Gasteiger partial charge in [0.15, 0.2) is 0 Å². The van der Waals surface area contributed by atoms with Crippen LogP contribution in [-0.2, 0) is 4.74 Å². The van der Waals surface area contributed by atoms with E-state index in [0.717, 1.165) is 24.4 Å². The molecular weight excluding hydrogens is 246 g/mol. The molecular formula is C18H29NO. The molecule has 1 unspecified atom stereocenters. The Kier molecular flexibility index (Phi) is 3.33. The molecule has 1 heterocycles. The average molecular weight is 275 g/mol. The van der Waals surface area contributed by atoms with Crippen LogP contribution in [0.5, 0.6) is 0 Å². The Hall–Kier alpha value is -0.500. The van der Waals surface area contributed by atoms with E-state index >= 15 is 0 Å². The van der Waals surface area contributed by atoms with Gasteiger partial charge in [0.05, 0.1) is 12.9 Å². The van der Waals surface area contributed by atoms with Gasteiger partial charge in [0, 0.05) is 6.04 Å². The molecule has 0 amide bonds. The molecule has 20 heavy (non-hydrogen) atoms. The lowest BCUT2D eigenvalue weighted by Crippen LogP contribution is -2.49. The summed E-state index contributed by atoms with van der Waals surface area (Å²) in [4.78, 5) is 0. The minimum atomic E-state index is 0.562. The molecule has 1 atom stereocenters. The molecule has 2 heteroatoms. The van der Waals surface area contributed by atoms with E-state index < -0.39 is 0 Å². The zero-order valence-corrected chi connectivity index (χ0v) is 12.9. The second kappa shape index (κ2) is 5.05. The van der Waals surface area contributed by atoms with Gasteiger partial charge in [0.25, 0.3) is 0 Å². The molecule has 1 aliphatic heterocycles. The highest BCUT2D eigenvalue weighted by atomic mass is 16.5. The Morgan fingerprint density at radius 2 is 1.85 bits per heavy atom. The van der Waals surface area contributed by atoms with Crippen LogP contribution in [0.4, 0.5) is 0 Å². The number of hydrogen-bond acceptors (Lipinski definition) is 2. The SMILES string of the molecule is CNC(CC12CC3CC(CC(C3)C1)C2)C1=COCCC1. The number of rotatable bonds is 4. The van der Waals surface area contributed by atoms with Gasteiger partial charge in [0.1, 0.15) is 0 Å². The normalized spacial score (nSPS) is 44.0. The molecule has 5 rings (SSSR count). The summed E-state index contributed by atoms with van der Waals surface area (Å²) in [5, 5.41) is 3.60. The van der Waals surface area contributed by atoms with E-state index in [1.54, 1.807) is 19.3 Å². The lowest BCUT2D eigenvalue weighted by atomic mass is 9.48. The van der Waals surface area contributed by atoms with Gasteiger partial charge in [-0.3, -0.25) is 0 Å². The van der Waals surface area contributed by atoms with Crippen molar-refractivity contribution >= 4 is 0 Å². The maximum atomic E-state index is 5.58. The zero-order valence-electron chi connectivity index (χ0n) is 12.9. The van der Waals surface area contributed by atoms with Crippen molar-refractivity contribution in [2.45, 2.75) is 63.8 Å². The second-order valence-corrected chi connectivity index (χ2v) is 8.13. The van der Waals surface area contributed by atoms with E-state index in [-0.39, 0.29) is 0 Å². The Morgan fingerprint density at radius 3 is 2.35 bits per heavy atom. The molecule has 0 spiro atoms. The van der Waals surface area contributed by atoms with Gasteiger partial charge in [0.2, 0.25) is 0 Å². The number of hydrogen-bond donors (Lipinski definition) is 1. The fourth-order valence-electron chi connectivity index (χ4n) is 6.23. The molecule has 1 N–H and O–H groups in total. The van der Waals surface area contributed by atoms with Crippen LogP contribution in [-0.4, -0.2) is 19.7 Å². The Bertz CT molecular complexity index is 365. The van der Waals surface area contributed by atoms with Crippen molar-refractivity contribution in [3.8, 4) is 0 Å². The maximum Gasteiger partial charge on any atom is 0.0876 e. The third-order valence-electron chi connectivity index (χ3n) is 6.56. The topological polar surface area (TPSA) is 21.3 Å². The van der Waals surface area contributed by atoms with Crippen molar-refractivity contribution in [1.82, 2.24) is 5.32 Å². The highest BCUT2D eigenvalue weighted by Crippen LogP contribution is 2.61. The van der Waals surface area contributed by atoms with Gasteiger partial charge >= 0.3 is 0 Å². The third kappa shape index (κ3) is 2.30. The smallest absolute Gasteiger partial charge is 0.0876 e. The standard InChI is InChI=1S/C18H29NO/c1-19-17(16-3-2-4-20-12-16)11-18-8-13-5-14(9-18)7-15(6-13)10-18/h12-15,17,19H,2-11H2,1H3. The van der Waals surface area contributed by atoms with Crippen molar-refractivity contribution in [2.24, 2.45) is 23.2 Å². The van der Waals surface area contributed by atoms with Crippen LogP contribution in [0.15, 0.2) is 11.8 Å². The first-order valence-corrected chi connectivity index (χ1v) is 8.74. The minimum Gasteiger partial charge on any atom is -0.501 e. The van der Waals surface area contributed by atoms with E-state index in [1.165, 1.54) is 44.1 Å². The van der Waals surface area contributed by atoms with Gasteiger partial charge in [-0.2, -0.15) is 0 Å². The summed E-state index contributed by atoms with van der Waals surface area (Å²) >= 11 is 0. The van der Waals surface area contributed by atoms with Crippen LogP contribution in [0.3, 0.4) is 0 Å². The minimum absolute atomic E-state index is 0.562. The van der Waals surface area contributed by atoms with E-state index in [0.29, 0.717) is 11.5 Å². The summed E-state index contributed by atoms with van der Waals surface area (Å²) < 4.78 is 5.58. The first-order valence-electron chi connectivity index (χ1n) is 8.74. The molecule has 4 aliphatic carbocycles. The van der Waals surface area contributed by atoms with Crippen molar-refractivity contribution < 1.29 is 4.74 Å². The van der Waals surface area contributed by atoms with Crippen molar-refractivity contribution in [2.75, 3.05) is 13.7 Å². The van der Waals surface area contributed by atoms with E-state index in [4.69, 9.17) is 4.74 Å². The van der Waals surface area contributed by atoms with Crippen molar-refractivity contribution in [3.05, 3.63) is 11.8 Å². The average Bonchev–Trinajstić information content (AvgIpc) is 2.44. The zero-order chi connectivity index (χ0) is 13.6. The van der Waals surface area contributed by atoms with E-state index in [1.807, 2.05) is 0 Å². The van der Waals surface area contributed by atoms with Crippen LogP contribution in [0.2, 0.25) is 0 Å². The van der Waals surface area contributed by atoms with E-state index in [9.17, 15) is 0 Å². The summed E-state index contributed by atoms with van der Waals surface area (Å²) in [5.41, 5.74) is 2.19. The molecule has 4 fully saturated rings. The fraction of sp³-hybridized carbons (Fsp3) is 0.889. The molecule has 5 aliphatic rings. The van der Waals surface area contributed by atoms with Gasteiger partial charge in [-0.1, -0.05) is 0 Å². The number of likely N-dealkylation sites (N-methyl/N-ethyl adjacent to an activating group) is 1. The lowest BCUT2D eigenvalue weighted by molar-refractivity contribution is -0.0604. The van der Waals surface area contributed by atoms with Crippen molar-refractivity contribution in [1.29, 1.82) is 0 Å². The largest absolute Gasteiger partial charge is 0.501 e. The molecule has 0 radical (unpaired) electrons. The fourth-order valence-corrected chi connectivity index (χ4v) is 6.23. The predicted octanol–water partition coefficient (Wildman–Crippen LogP) is 3.88. The lowest BCUT2D eigenvalue weighted by Gasteiger charge is -2.58. The van der Waals surface area contributed by atoms with Crippen LogP contribution in [0.25, 0.3) is 0 Å². The van der Waals surface area contributed by atoms with Crippen molar-refractivity contribution in [3.63, 3.8) is 0 Å². The molecule has 2 nitrogen and oxygen atoms in total.